The minimum absolute atomic E-state index is 0.183. The van der Waals surface area contributed by atoms with E-state index in [1.807, 2.05) is 37.7 Å². The highest BCUT2D eigenvalue weighted by Gasteiger charge is 2.38. The summed E-state index contributed by atoms with van der Waals surface area (Å²) < 4.78 is 7.28. The maximum atomic E-state index is 12.9. The molecule has 1 aromatic carbocycles. The third-order valence-corrected chi connectivity index (χ3v) is 4.94. The number of hydrogen-bond acceptors (Lipinski definition) is 4. The van der Waals surface area contributed by atoms with E-state index >= 15 is 0 Å². The van der Waals surface area contributed by atoms with Crippen LogP contribution in [0.2, 0.25) is 0 Å². The lowest BCUT2D eigenvalue weighted by Gasteiger charge is -2.30. The molecule has 0 amide bonds. The number of esters is 1. The molecular weight excluding hydrogens is 326 g/mol. The predicted molar refractivity (Wildman–Crippen MR) is 103 cm³/mol. The van der Waals surface area contributed by atoms with Gasteiger partial charge in [0.2, 0.25) is 0 Å². The Kier molecular flexibility index (Phi) is 4.90. The van der Waals surface area contributed by atoms with Gasteiger partial charge in [-0.2, -0.15) is 5.10 Å². The van der Waals surface area contributed by atoms with Crippen molar-refractivity contribution < 1.29 is 9.53 Å². The molecule has 0 saturated carbocycles. The first-order valence-electron chi connectivity index (χ1n) is 9.14. The number of hydrogen-bond donors (Lipinski definition) is 1. The normalized spacial score (nSPS) is 16.5. The van der Waals surface area contributed by atoms with E-state index in [4.69, 9.17) is 9.84 Å². The molecule has 0 radical (unpaired) electrons. The highest BCUT2D eigenvalue weighted by atomic mass is 16.5. The largest absolute Gasteiger partial charge is 0.463 e. The number of nitrogens with zero attached hydrogens (tertiary/aromatic N) is 2. The number of carbonyl (C=O) groups is 1. The highest BCUT2D eigenvalue weighted by Crippen LogP contribution is 2.46. The van der Waals surface area contributed by atoms with Crippen LogP contribution in [-0.2, 0) is 16.6 Å². The fourth-order valence-corrected chi connectivity index (χ4v) is 3.73. The number of aryl methyl sites for hydroxylation is 2. The van der Waals surface area contributed by atoms with Crippen LogP contribution < -0.4 is 5.32 Å². The van der Waals surface area contributed by atoms with E-state index < -0.39 is 0 Å². The molecule has 2 heterocycles. The Morgan fingerprint density at radius 3 is 2.62 bits per heavy atom. The molecular formula is C21H27N3O2. The molecule has 3 rings (SSSR count). The molecule has 0 saturated heterocycles. The van der Waals surface area contributed by atoms with Gasteiger partial charge in [-0.25, -0.2) is 4.79 Å². The van der Waals surface area contributed by atoms with Crippen molar-refractivity contribution in [2.75, 3.05) is 11.9 Å². The van der Waals surface area contributed by atoms with Crippen molar-refractivity contribution in [3.63, 3.8) is 0 Å². The van der Waals surface area contributed by atoms with E-state index in [2.05, 4.69) is 38.2 Å². The summed E-state index contributed by atoms with van der Waals surface area (Å²) in [5.41, 5.74) is 5.85. The van der Waals surface area contributed by atoms with Crippen molar-refractivity contribution in [3.05, 3.63) is 57.9 Å². The number of rotatable bonds is 4. The van der Waals surface area contributed by atoms with Gasteiger partial charge in [-0.3, -0.25) is 4.68 Å². The van der Waals surface area contributed by atoms with Crippen LogP contribution in [0.5, 0.6) is 0 Å². The van der Waals surface area contributed by atoms with Crippen LogP contribution in [0.25, 0.3) is 0 Å². The van der Waals surface area contributed by atoms with Gasteiger partial charge in [0.25, 0.3) is 0 Å². The van der Waals surface area contributed by atoms with Gasteiger partial charge in [-0.1, -0.05) is 38.1 Å². The Bertz CT molecular complexity index is 877. The zero-order valence-corrected chi connectivity index (χ0v) is 16.4. The van der Waals surface area contributed by atoms with Gasteiger partial charge in [0.1, 0.15) is 5.82 Å². The fourth-order valence-electron chi connectivity index (χ4n) is 3.73. The summed E-state index contributed by atoms with van der Waals surface area (Å²) in [7, 11) is 1.94. The van der Waals surface area contributed by atoms with Crippen LogP contribution in [-0.4, -0.2) is 22.4 Å². The fraction of sp³-hybridized carbons (Fsp3) is 0.429. The lowest BCUT2D eigenvalue weighted by Crippen LogP contribution is -2.25. The summed E-state index contributed by atoms with van der Waals surface area (Å²) in [4.78, 5) is 12.9. The summed E-state index contributed by atoms with van der Waals surface area (Å²) in [6, 6.07) is 8.22. The second kappa shape index (κ2) is 6.98. The average Bonchev–Trinajstić information content (AvgIpc) is 2.91. The van der Waals surface area contributed by atoms with Crippen LogP contribution in [0.4, 0.5) is 5.82 Å². The number of nitrogens with one attached hydrogen (secondary N) is 1. The zero-order valence-electron chi connectivity index (χ0n) is 16.4. The molecule has 26 heavy (non-hydrogen) atoms. The van der Waals surface area contributed by atoms with Gasteiger partial charge in [-0.05, 0) is 37.8 Å². The van der Waals surface area contributed by atoms with Crippen molar-refractivity contribution in [2.45, 2.75) is 46.5 Å². The molecule has 1 aromatic heterocycles. The molecule has 138 valence electrons. The third-order valence-electron chi connectivity index (χ3n) is 4.94. The Hall–Kier alpha value is -2.56. The number of fused-ring (bicyclic) bond motifs is 1. The monoisotopic (exact) mass is 353 g/mol. The quantitative estimate of drug-likeness (QED) is 0.835. The number of carbonyl (C=O) groups excluding carboxylic acids is 1. The van der Waals surface area contributed by atoms with Crippen molar-refractivity contribution in [1.82, 2.24) is 9.78 Å². The summed E-state index contributed by atoms with van der Waals surface area (Å²) in [6.07, 6.45) is 0. The maximum absolute atomic E-state index is 12.9. The summed E-state index contributed by atoms with van der Waals surface area (Å²) in [5, 5.41) is 8.14. The lowest BCUT2D eigenvalue weighted by molar-refractivity contribution is -0.138. The molecule has 2 aromatic rings. The van der Waals surface area contributed by atoms with Crippen LogP contribution in [0.3, 0.4) is 0 Å². The van der Waals surface area contributed by atoms with Gasteiger partial charge in [-0.15, -0.1) is 0 Å². The molecule has 0 fully saturated rings. The Balaban J connectivity index is 2.30. The summed E-state index contributed by atoms with van der Waals surface area (Å²) in [5.74, 6) is 0.750. The molecule has 1 aliphatic heterocycles. The predicted octanol–water partition coefficient (Wildman–Crippen LogP) is 4.25. The molecule has 1 aliphatic rings. The number of allylic oxidation sites excluding steroid dienone is 1. The molecule has 5 nitrogen and oxygen atoms in total. The molecule has 1 N–H and O–H groups in total. The molecule has 5 heteroatoms. The van der Waals surface area contributed by atoms with Crippen molar-refractivity contribution in [2.24, 2.45) is 7.05 Å². The van der Waals surface area contributed by atoms with Crippen molar-refractivity contribution in [3.8, 4) is 0 Å². The number of aromatic nitrogens is 2. The second-order valence-corrected chi connectivity index (χ2v) is 7.10. The van der Waals surface area contributed by atoms with E-state index in [0.29, 0.717) is 12.2 Å². The molecule has 0 aliphatic carbocycles. The topological polar surface area (TPSA) is 56.1 Å². The van der Waals surface area contributed by atoms with E-state index in [1.165, 1.54) is 0 Å². The first kappa shape index (κ1) is 18.2. The average molecular weight is 353 g/mol. The molecule has 1 unspecified atom stereocenters. The summed E-state index contributed by atoms with van der Waals surface area (Å²) in [6.45, 7) is 10.5. The van der Waals surface area contributed by atoms with Crippen molar-refractivity contribution in [1.29, 1.82) is 0 Å². The van der Waals surface area contributed by atoms with Crippen LogP contribution in [0.1, 0.15) is 61.9 Å². The van der Waals surface area contributed by atoms with Crippen molar-refractivity contribution >= 4 is 11.8 Å². The summed E-state index contributed by atoms with van der Waals surface area (Å²) >= 11 is 0. The van der Waals surface area contributed by atoms with Gasteiger partial charge in [0.05, 0.1) is 17.9 Å². The minimum atomic E-state index is -0.269. The highest BCUT2D eigenvalue weighted by molar-refractivity contribution is 5.94. The minimum Gasteiger partial charge on any atom is -0.463 e. The molecule has 1 atom stereocenters. The van der Waals surface area contributed by atoms with Gasteiger partial charge in [0.15, 0.2) is 0 Å². The second-order valence-electron chi connectivity index (χ2n) is 7.10. The molecule has 0 spiro atoms. The van der Waals surface area contributed by atoms with E-state index in [0.717, 1.165) is 33.9 Å². The lowest BCUT2D eigenvalue weighted by atomic mass is 9.78. The van der Waals surface area contributed by atoms with Gasteiger partial charge < -0.3 is 10.1 Å². The standard InChI is InChI=1S/C21H27N3O2/c1-7-26-21(25)16-14(5)22-20-18(19(12(2)3)23-24(20)6)17(16)15-11-9-8-10-13(15)4/h8-12,17,22H,7H2,1-6H3. The Labute approximate surface area is 155 Å². The Morgan fingerprint density at radius 1 is 1.31 bits per heavy atom. The van der Waals surface area contributed by atoms with Crippen LogP contribution >= 0.6 is 0 Å². The first-order chi connectivity index (χ1) is 12.4. The van der Waals surface area contributed by atoms with Crippen LogP contribution in [0, 0.1) is 6.92 Å². The zero-order chi connectivity index (χ0) is 19.0. The number of anilines is 1. The number of ether oxygens (including phenoxy) is 1. The van der Waals surface area contributed by atoms with E-state index in [1.54, 1.807) is 0 Å². The molecule has 0 bridgehead atoms. The Morgan fingerprint density at radius 2 is 2.00 bits per heavy atom. The number of benzene rings is 1. The van der Waals surface area contributed by atoms with Gasteiger partial charge >= 0.3 is 5.97 Å². The SMILES string of the molecule is CCOC(=O)C1=C(C)Nc2c(c(C(C)C)nn2C)C1c1ccccc1C. The van der Waals surface area contributed by atoms with Gasteiger partial charge in [0, 0.05) is 24.2 Å². The van der Waals surface area contributed by atoms with E-state index in [-0.39, 0.29) is 17.8 Å². The van der Waals surface area contributed by atoms with E-state index in [9.17, 15) is 4.79 Å². The van der Waals surface area contributed by atoms with Crippen LogP contribution in [0.15, 0.2) is 35.5 Å². The maximum Gasteiger partial charge on any atom is 0.336 e. The third kappa shape index (κ3) is 2.91. The first-order valence-corrected chi connectivity index (χ1v) is 9.14. The smallest absolute Gasteiger partial charge is 0.336 e.